The molecular weight excluding hydrogens is 192 g/mol. The Kier molecular flexibility index (Phi) is 4.25. The molecule has 1 atom stereocenters. The molecule has 0 N–H and O–H groups in total. The maximum absolute atomic E-state index is 12.1. The maximum Gasteiger partial charge on any atom is 0.315 e. The van der Waals surface area contributed by atoms with Gasteiger partial charge in [0.2, 0.25) is 0 Å². The third-order valence-electron chi connectivity index (χ3n) is 2.30. The smallest absolute Gasteiger partial charge is 0.315 e. The van der Waals surface area contributed by atoms with E-state index in [9.17, 15) is 13.6 Å². The fourth-order valence-electron chi connectivity index (χ4n) is 1.48. The van der Waals surface area contributed by atoms with Crippen LogP contribution in [0.4, 0.5) is 8.78 Å². The number of nitrogens with zero attached hydrogens (tertiary/aromatic N) is 1. The van der Waals surface area contributed by atoms with Crippen molar-refractivity contribution in [2.45, 2.75) is 32.3 Å². The van der Waals surface area contributed by atoms with Gasteiger partial charge in [-0.25, -0.2) is 0 Å². The summed E-state index contributed by atoms with van der Waals surface area (Å²) < 4.78 is 29.7. The largest absolute Gasteiger partial charge is 0.376 e. The number of ether oxygens (including phenoxy) is 1. The number of alkyl halides is 2. The minimum atomic E-state index is -2.90. The molecule has 1 rings (SSSR count). The van der Waals surface area contributed by atoms with Crippen molar-refractivity contribution in [3.05, 3.63) is 0 Å². The molecule has 1 saturated heterocycles. The monoisotopic (exact) mass is 207 g/mol. The summed E-state index contributed by atoms with van der Waals surface area (Å²) >= 11 is 0. The molecule has 0 radical (unpaired) electrons. The topological polar surface area (TPSA) is 29.5 Å². The molecule has 82 valence electrons. The SMILES string of the molecule is CCC1CN(C(=O)C(F)F)CCCO1. The summed E-state index contributed by atoms with van der Waals surface area (Å²) in [5.41, 5.74) is 0. The zero-order valence-electron chi connectivity index (χ0n) is 8.21. The van der Waals surface area contributed by atoms with Crippen molar-refractivity contribution in [1.29, 1.82) is 0 Å². The van der Waals surface area contributed by atoms with Crippen molar-refractivity contribution in [2.75, 3.05) is 19.7 Å². The molecule has 0 aromatic carbocycles. The number of amides is 1. The quantitative estimate of drug-likeness (QED) is 0.682. The van der Waals surface area contributed by atoms with Gasteiger partial charge in [0.1, 0.15) is 0 Å². The number of halogens is 2. The third-order valence-corrected chi connectivity index (χ3v) is 2.30. The zero-order chi connectivity index (χ0) is 10.6. The first kappa shape index (κ1) is 11.4. The summed E-state index contributed by atoms with van der Waals surface area (Å²) in [6, 6.07) is 0. The van der Waals surface area contributed by atoms with Gasteiger partial charge >= 0.3 is 6.43 Å². The van der Waals surface area contributed by atoms with E-state index >= 15 is 0 Å². The average molecular weight is 207 g/mol. The maximum atomic E-state index is 12.1. The van der Waals surface area contributed by atoms with Crippen LogP contribution in [0, 0.1) is 0 Å². The molecule has 1 amide bonds. The van der Waals surface area contributed by atoms with Gasteiger partial charge in [0.15, 0.2) is 0 Å². The second-order valence-electron chi connectivity index (χ2n) is 3.34. The van der Waals surface area contributed by atoms with Crippen molar-refractivity contribution < 1.29 is 18.3 Å². The van der Waals surface area contributed by atoms with Crippen LogP contribution in [-0.4, -0.2) is 43.0 Å². The molecule has 1 unspecified atom stereocenters. The van der Waals surface area contributed by atoms with Crippen molar-refractivity contribution in [1.82, 2.24) is 4.90 Å². The minimum absolute atomic E-state index is 0.0970. The number of rotatable bonds is 2. The van der Waals surface area contributed by atoms with Gasteiger partial charge in [-0.05, 0) is 12.8 Å². The molecule has 0 saturated carbocycles. The van der Waals surface area contributed by atoms with Gasteiger partial charge in [0.25, 0.3) is 5.91 Å². The molecule has 1 fully saturated rings. The average Bonchev–Trinajstić information content (AvgIpc) is 2.41. The first-order valence-electron chi connectivity index (χ1n) is 4.83. The predicted octanol–water partition coefficient (Wildman–Crippen LogP) is 1.28. The Labute approximate surface area is 82.0 Å². The molecule has 1 aliphatic heterocycles. The molecule has 0 aromatic rings. The Bertz CT molecular complexity index is 199. The molecule has 1 heterocycles. The van der Waals surface area contributed by atoms with Gasteiger partial charge in [0, 0.05) is 19.7 Å². The van der Waals surface area contributed by atoms with E-state index in [-0.39, 0.29) is 6.10 Å². The van der Waals surface area contributed by atoms with Crippen molar-refractivity contribution >= 4 is 5.91 Å². The van der Waals surface area contributed by atoms with Crippen molar-refractivity contribution in [2.24, 2.45) is 0 Å². The summed E-state index contributed by atoms with van der Waals surface area (Å²) in [5.74, 6) is -1.08. The predicted molar refractivity (Wildman–Crippen MR) is 47.2 cm³/mol. The normalized spacial score (nSPS) is 23.7. The number of carbonyl (C=O) groups is 1. The summed E-state index contributed by atoms with van der Waals surface area (Å²) in [6.07, 6.45) is -1.62. The lowest BCUT2D eigenvalue weighted by molar-refractivity contribution is -0.143. The number of hydrogen-bond acceptors (Lipinski definition) is 2. The highest BCUT2D eigenvalue weighted by Gasteiger charge is 2.26. The highest BCUT2D eigenvalue weighted by atomic mass is 19.3. The molecule has 1 aliphatic rings. The Balaban J connectivity index is 2.54. The van der Waals surface area contributed by atoms with E-state index in [1.54, 1.807) is 0 Å². The fourth-order valence-corrected chi connectivity index (χ4v) is 1.48. The van der Waals surface area contributed by atoms with Gasteiger partial charge in [-0.3, -0.25) is 4.79 Å². The highest BCUT2D eigenvalue weighted by Crippen LogP contribution is 2.11. The van der Waals surface area contributed by atoms with E-state index in [4.69, 9.17) is 4.74 Å². The van der Waals surface area contributed by atoms with Crippen LogP contribution < -0.4 is 0 Å². The van der Waals surface area contributed by atoms with Crippen LogP contribution in [-0.2, 0) is 9.53 Å². The molecular formula is C9H15F2NO2. The van der Waals surface area contributed by atoms with Crippen LogP contribution in [0.2, 0.25) is 0 Å². The number of hydrogen-bond donors (Lipinski definition) is 0. The Morgan fingerprint density at radius 3 is 2.93 bits per heavy atom. The van der Waals surface area contributed by atoms with Crippen molar-refractivity contribution in [3.8, 4) is 0 Å². The van der Waals surface area contributed by atoms with Gasteiger partial charge < -0.3 is 9.64 Å². The van der Waals surface area contributed by atoms with Crippen LogP contribution in [0.3, 0.4) is 0 Å². The van der Waals surface area contributed by atoms with E-state index in [1.165, 1.54) is 4.90 Å². The van der Waals surface area contributed by atoms with Gasteiger partial charge in [0.05, 0.1) is 6.10 Å². The molecule has 0 bridgehead atoms. The minimum Gasteiger partial charge on any atom is -0.376 e. The van der Waals surface area contributed by atoms with Gasteiger partial charge in [-0.2, -0.15) is 8.78 Å². The summed E-state index contributed by atoms with van der Waals surface area (Å²) in [5, 5.41) is 0. The van der Waals surface area contributed by atoms with E-state index in [0.29, 0.717) is 26.1 Å². The van der Waals surface area contributed by atoms with E-state index in [0.717, 1.165) is 6.42 Å². The lowest BCUT2D eigenvalue weighted by atomic mass is 10.2. The lowest BCUT2D eigenvalue weighted by Gasteiger charge is -2.22. The molecule has 14 heavy (non-hydrogen) atoms. The van der Waals surface area contributed by atoms with Crippen LogP contribution in [0.1, 0.15) is 19.8 Å². The lowest BCUT2D eigenvalue weighted by Crippen LogP contribution is -2.40. The standard InChI is InChI=1S/C9H15F2NO2/c1-2-7-6-12(4-3-5-14-7)9(13)8(10)11/h7-8H,2-6H2,1H3. The van der Waals surface area contributed by atoms with Gasteiger partial charge in [-0.1, -0.05) is 6.92 Å². The third kappa shape index (κ3) is 2.90. The molecule has 0 spiro atoms. The molecule has 3 nitrogen and oxygen atoms in total. The molecule has 0 aliphatic carbocycles. The van der Waals surface area contributed by atoms with Gasteiger partial charge in [-0.15, -0.1) is 0 Å². The molecule has 0 aromatic heterocycles. The zero-order valence-corrected chi connectivity index (χ0v) is 8.21. The van der Waals surface area contributed by atoms with Crippen LogP contribution in [0.15, 0.2) is 0 Å². The highest BCUT2D eigenvalue weighted by molar-refractivity contribution is 5.79. The molecule has 5 heteroatoms. The summed E-state index contributed by atoms with van der Waals surface area (Å²) in [6.45, 7) is 3.13. The number of carbonyl (C=O) groups excluding carboxylic acids is 1. The van der Waals surface area contributed by atoms with E-state index in [2.05, 4.69) is 0 Å². The van der Waals surface area contributed by atoms with Crippen LogP contribution in [0.5, 0.6) is 0 Å². The first-order valence-corrected chi connectivity index (χ1v) is 4.83. The fraction of sp³-hybridized carbons (Fsp3) is 0.889. The van der Waals surface area contributed by atoms with Crippen LogP contribution in [0.25, 0.3) is 0 Å². The Morgan fingerprint density at radius 2 is 2.36 bits per heavy atom. The second-order valence-corrected chi connectivity index (χ2v) is 3.34. The van der Waals surface area contributed by atoms with E-state index in [1.807, 2.05) is 6.92 Å². The van der Waals surface area contributed by atoms with Crippen molar-refractivity contribution in [3.63, 3.8) is 0 Å². The summed E-state index contributed by atoms with van der Waals surface area (Å²) in [4.78, 5) is 12.2. The first-order chi connectivity index (χ1) is 6.65. The Hall–Kier alpha value is -0.710. The summed E-state index contributed by atoms with van der Waals surface area (Å²) in [7, 11) is 0. The van der Waals surface area contributed by atoms with E-state index < -0.39 is 12.3 Å². The second kappa shape index (κ2) is 5.24. The van der Waals surface area contributed by atoms with Crippen LogP contribution >= 0.6 is 0 Å². The Morgan fingerprint density at radius 1 is 1.64 bits per heavy atom.